The average molecular weight is 405 g/mol. The van der Waals surface area contributed by atoms with Gasteiger partial charge in [-0.05, 0) is 38.1 Å². The lowest BCUT2D eigenvalue weighted by atomic mass is 10.0. The van der Waals surface area contributed by atoms with E-state index in [1.54, 1.807) is 12.4 Å². The molecule has 6 heteroatoms. The molecule has 1 saturated heterocycles. The SMILES string of the molecule is CC(C)OCCN1CCN(C(=O)c2cc(-c3ccncc3)nc3ccccc23)CC1. The van der Waals surface area contributed by atoms with E-state index < -0.39 is 0 Å². The number of piperazine rings is 1. The summed E-state index contributed by atoms with van der Waals surface area (Å²) in [6.45, 7) is 8.93. The summed E-state index contributed by atoms with van der Waals surface area (Å²) in [6.07, 6.45) is 3.74. The summed E-state index contributed by atoms with van der Waals surface area (Å²) in [7, 11) is 0. The van der Waals surface area contributed by atoms with Crippen molar-refractivity contribution in [1.29, 1.82) is 0 Å². The van der Waals surface area contributed by atoms with Gasteiger partial charge in [0, 0.05) is 56.1 Å². The Kier molecular flexibility index (Phi) is 6.35. The predicted molar refractivity (Wildman–Crippen MR) is 118 cm³/mol. The Balaban J connectivity index is 1.53. The van der Waals surface area contributed by atoms with Crippen LogP contribution in [0.5, 0.6) is 0 Å². The van der Waals surface area contributed by atoms with Crippen molar-refractivity contribution in [2.75, 3.05) is 39.3 Å². The molecule has 0 spiro atoms. The summed E-state index contributed by atoms with van der Waals surface area (Å²) in [5, 5.41) is 0.896. The number of carbonyl (C=O) groups is 1. The second kappa shape index (κ2) is 9.32. The number of pyridine rings is 2. The Morgan fingerprint density at radius 1 is 1.07 bits per heavy atom. The molecule has 6 nitrogen and oxygen atoms in total. The third kappa shape index (κ3) is 4.66. The largest absolute Gasteiger partial charge is 0.377 e. The topological polar surface area (TPSA) is 58.6 Å². The number of aromatic nitrogens is 2. The van der Waals surface area contributed by atoms with Crippen LogP contribution in [0.3, 0.4) is 0 Å². The van der Waals surface area contributed by atoms with Crippen LogP contribution in [0, 0.1) is 0 Å². The fraction of sp³-hybridized carbons (Fsp3) is 0.375. The maximum atomic E-state index is 13.4. The van der Waals surface area contributed by atoms with E-state index in [9.17, 15) is 4.79 Å². The first-order valence-corrected chi connectivity index (χ1v) is 10.6. The molecule has 1 aliphatic heterocycles. The number of amides is 1. The molecule has 156 valence electrons. The average Bonchev–Trinajstić information content (AvgIpc) is 2.79. The second-order valence-corrected chi connectivity index (χ2v) is 7.86. The van der Waals surface area contributed by atoms with Crippen molar-refractivity contribution in [2.24, 2.45) is 0 Å². The minimum atomic E-state index is 0.0713. The molecule has 0 N–H and O–H groups in total. The van der Waals surface area contributed by atoms with Crippen molar-refractivity contribution in [3.63, 3.8) is 0 Å². The summed E-state index contributed by atoms with van der Waals surface area (Å²) in [4.78, 5) is 26.6. The number of hydrogen-bond donors (Lipinski definition) is 0. The highest BCUT2D eigenvalue weighted by atomic mass is 16.5. The van der Waals surface area contributed by atoms with Crippen LogP contribution < -0.4 is 0 Å². The summed E-state index contributed by atoms with van der Waals surface area (Å²) in [6, 6.07) is 13.6. The number of rotatable bonds is 6. The van der Waals surface area contributed by atoms with Gasteiger partial charge in [0.05, 0.1) is 29.5 Å². The highest BCUT2D eigenvalue weighted by Gasteiger charge is 2.24. The fourth-order valence-electron chi connectivity index (χ4n) is 3.79. The molecule has 1 amide bonds. The van der Waals surface area contributed by atoms with E-state index in [0.29, 0.717) is 5.56 Å². The lowest BCUT2D eigenvalue weighted by Gasteiger charge is -2.35. The predicted octanol–water partition coefficient (Wildman–Crippen LogP) is 3.48. The normalized spacial score (nSPS) is 15.1. The van der Waals surface area contributed by atoms with Gasteiger partial charge in [0.2, 0.25) is 0 Å². The van der Waals surface area contributed by atoms with Gasteiger partial charge < -0.3 is 9.64 Å². The Hall–Kier alpha value is -2.83. The minimum Gasteiger partial charge on any atom is -0.377 e. The molecule has 3 aromatic rings. The summed E-state index contributed by atoms with van der Waals surface area (Å²) >= 11 is 0. The van der Waals surface area contributed by atoms with E-state index >= 15 is 0 Å². The van der Waals surface area contributed by atoms with Crippen molar-refractivity contribution < 1.29 is 9.53 Å². The number of fused-ring (bicyclic) bond motifs is 1. The van der Waals surface area contributed by atoms with E-state index in [2.05, 4.69) is 23.7 Å². The molecule has 0 unspecified atom stereocenters. The first-order valence-electron chi connectivity index (χ1n) is 10.6. The molecule has 30 heavy (non-hydrogen) atoms. The summed E-state index contributed by atoms with van der Waals surface area (Å²) in [5.41, 5.74) is 3.30. The Morgan fingerprint density at radius 2 is 1.80 bits per heavy atom. The Morgan fingerprint density at radius 3 is 2.53 bits per heavy atom. The van der Waals surface area contributed by atoms with Crippen molar-refractivity contribution in [1.82, 2.24) is 19.8 Å². The van der Waals surface area contributed by atoms with Crippen LogP contribution >= 0.6 is 0 Å². The lowest BCUT2D eigenvalue weighted by Crippen LogP contribution is -2.49. The molecule has 0 atom stereocenters. The van der Waals surface area contributed by atoms with Crippen LogP contribution in [0.2, 0.25) is 0 Å². The third-order valence-corrected chi connectivity index (χ3v) is 5.44. The number of hydrogen-bond acceptors (Lipinski definition) is 5. The van der Waals surface area contributed by atoms with E-state index in [4.69, 9.17) is 9.72 Å². The number of nitrogens with zero attached hydrogens (tertiary/aromatic N) is 4. The Bertz CT molecular complexity index is 999. The molecule has 0 bridgehead atoms. The van der Waals surface area contributed by atoms with Gasteiger partial charge in [-0.25, -0.2) is 4.98 Å². The van der Waals surface area contributed by atoms with Gasteiger partial charge in [-0.1, -0.05) is 18.2 Å². The first kappa shape index (κ1) is 20.4. The number of carbonyl (C=O) groups excluding carboxylic acids is 1. The van der Waals surface area contributed by atoms with Gasteiger partial charge in [0.1, 0.15) is 0 Å². The van der Waals surface area contributed by atoms with Gasteiger partial charge in [0.25, 0.3) is 5.91 Å². The van der Waals surface area contributed by atoms with Gasteiger partial charge in [-0.3, -0.25) is 14.7 Å². The van der Waals surface area contributed by atoms with E-state index in [1.807, 2.05) is 47.4 Å². The molecule has 0 saturated carbocycles. The van der Waals surface area contributed by atoms with Crippen LogP contribution in [0.4, 0.5) is 0 Å². The minimum absolute atomic E-state index is 0.0713. The number of ether oxygens (including phenoxy) is 1. The summed E-state index contributed by atoms with van der Waals surface area (Å²) < 4.78 is 5.66. The van der Waals surface area contributed by atoms with Crippen LogP contribution in [-0.2, 0) is 4.74 Å². The molecule has 0 radical (unpaired) electrons. The zero-order valence-electron chi connectivity index (χ0n) is 17.6. The third-order valence-electron chi connectivity index (χ3n) is 5.44. The Labute approximate surface area is 177 Å². The van der Waals surface area contributed by atoms with Crippen LogP contribution in [0.25, 0.3) is 22.2 Å². The highest BCUT2D eigenvalue weighted by molar-refractivity contribution is 6.07. The number of para-hydroxylation sites is 1. The molecular weight excluding hydrogens is 376 g/mol. The van der Waals surface area contributed by atoms with Crippen molar-refractivity contribution >= 4 is 16.8 Å². The van der Waals surface area contributed by atoms with Gasteiger partial charge >= 0.3 is 0 Å². The van der Waals surface area contributed by atoms with E-state index in [1.165, 1.54) is 0 Å². The summed E-state index contributed by atoms with van der Waals surface area (Å²) in [5.74, 6) is 0.0713. The monoisotopic (exact) mass is 404 g/mol. The van der Waals surface area contributed by atoms with Crippen LogP contribution in [0.15, 0.2) is 54.9 Å². The molecular formula is C24H28N4O2. The van der Waals surface area contributed by atoms with Crippen molar-refractivity contribution in [2.45, 2.75) is 20.0 Å². The molecule has 1 aromatic carbocycles. The smallest absolute Gasteiger partial charge is 0.254 e. The fourth-order valence-corrected chi connectivity index (χ4v) is 3.79. The van der Waals surface area contributed by atoms with Gasteiger partial charge in [-0.2, -0.15) is 0 Å². The molecule has 2 aromatic heterocycles. The van der Waals surface area contributed by atoms with Gasteiger partial charge in [-0.15, -0.1) is 0 Å². The molecule has 1 fully saturated rings. The van der Waals surface area contributed by atoms with Crippen molar-refractivity contribution in [3.05, 3.63) is 60.4 Å². The number of benzene rings is 1. The first-order chi connectivity index (χ1) is 14.6. The zero-order valence-corrected chi connectivity index (χ0v) is 17.6. The molecule has 3 heterocycles. The van der Waals surface area contributed by atoms with Gasteiger partial charge in [0.15, 0.2) is 0 Å². The zero-order chi connectivity index (χ0) is 20.9. The molecule has 0 aliphatic carbocycles. The second-order valence-electron chi connectivity index (χ2n) is 7.86. The highest BCUT2D eigenvalue weighted by Crippen LogP contribution is 2.26. The van der Waals surface area contributed by atoms with E-state index in [0.717, 1.165) is 61.5 Å². The quantitative estimate of drug-likeness (QED) is 0.630. The molecule has 1 aliphatic rings. The lowest BCUT2D eigenvalue weighted by molar-refractivity contribution is 0.0407. The molecule has 4 rings (SSSR count). The maximum Gasteiger partial charge on any atom is 0.254 e. The van der Waals surface area contributed by atoms with Crippen LogP contribution in [-0.4, -0.2) is 71.1 Å². The maximum absolute atomic E-state index is 13.4. The van der Waals surface area contributed by atoms with E-state index in [-0.39, 0.29) is 12.0 Å². The van der Waals surface area contributed by atoms with Crippen molar-refractivity contribution in [3.8, 4) is 11.3 Å². The standard InChI is InChI=1S/C24H28N4O2/c1-18(2)30-16-15-27-11-13-28(14-12-27)24(29)21-17-23(19-7-9-25-10-8-19)26-22-6-4-3-5-20(21)22/h3-10,17-18H,11-16H2,1-2H3. The van der Waals surface area contributed by atoms with Crippen LogP contribution in [0.1, 0.15) is 24.2 Å².